The van der Waals surface area contributed by atoms with Crippen LogP contribution in [0.4, 0.5) is 0 Å². The van der Waals surface area contributed by atoms with Gasteiger partial charge in [-0.1, -0.05) is 30.3 Å². The highest BCUT2D eigenvalue weighted by Gasteiger charge is 2.20. The predicted octanol–water partition coefficient (Wildman–Crippen LogP) is 3.33. The number of aromatic amines is 1. The maximum absolute atomic E-state index is 12.4. The molecule has 2 N–H and O–H groups in total. The van der Waals surface area contributed by atoms with Crippen LogP contribution in [0.2, 0.25) is 0 Å². The number of hydrogen-bond acceptors (Lipinski definition) is 2. The number of aryl methyl sites for hydroxylation is 1. The Morgan fingerprint density at radius 3 is 2.29 bits per heavy atom. The van der Waals surface area contributed by atoms with Gasteiger partial charge < -0.3 is 10.3 Å². The van der Waals surface area contributed by atoms with Crippen LogP contribution in [0.1, 0.15) is 57.6 Å². The SMILES string of the molecule is CC(=O)c1c(C)[nH]c(C(=O)N[C@H](C)c2ccccc2)c1C. The fourth-order valence-corrected chi connectivity index (χ4v) is 2.60. The predicted molar refractivity (Wildman–Crippen MR) is 82.6 cm³/mol. The second kappa shape index (κ2) is 5.95. The molecule has 0 aliphatic carbocycles. The molecule has 110 valence electrons. The first-order chi connectivity index (χ1) is 9.91. The summed E-state index contributed by atoms with van der Waals surface area (Å²) in [5, 5.41) is 2.95. The van der Waals surface area contributed by atoms with E-state index in [1.807, 2.05) is 37.3 Å². The molecule has 0 saturated carbocycles. The van der Waals surface area contributed by atoms with Gasteiger partial charge in [-0.05, 0) is 38.8 Å². The third-order valence-corrected chi connectivity index (χ3v) is 3.66. The molecular weight excluding hydrogens is 264 g/mol. The smallest absolute Gasteiger partial charge is 0.268 e. The van der Waals surface area contributed by atoms with Crippen molar-refractivity contribution in [1.29, 1.82) is 0 Å². The quantitative estimate of drug-likeness (QED) is 0.846. The highest BCUT2D eigenvalue weighted by Crippen LogP contribution is 2.19. The molecular formula is C17H20N2O2. The summed E-state index contributed by atoms with van der Waals surface area (Å²) in [7, 11) is 0. The number of aromatic nitrogens is 1. The van der Waals surface area contributed by atoms with E-state index in [1.165, 1.54) is 6.92 Å². The average Bonchev–Trinajstić information content (AvgIpc) is 2.75. The van der Waals surface area contributed by atoms with Gasteiger partial charge in [0.25, 0.3) is 5.91 Å². The highest BCUT2D eigenvalue weighted by molar-refractivity contribution is 6.02. The molecule has 0 spiro atoms. The third kappa shape index (κ3) is 3.05. The van der Waals surface area contributed by atoms with Crippen LogP contribution in [-0.4, -0.2) is 16.7 Å². The molecule has 4 nitrogen and oxygen atoms in total. The van der Waals surface area contributed by atoms with Gasteiger partial charge in [0.05, 0.1) is 6.04 Å². The Balaban J connectivity index is 2.22. The standard InChI is InChI=1S/C17H20N2O2/c1-10-15(13(4)20)12(3)18-16(10)17(21)19-11(2)14-8-6-5-7-9-14/h5-9,11,18H,1-4H3,(H,19,21)/t11-/m1/s1. The number of Topliss-reactive ketones (excluding diaryl/α,β-unsaturated/α-hetero) is 1. The van der Waals surface area contributed by atoms with Gasteiger partial charge in [-0.25, -0.2) is 0 Å². The van der Waals surface area contributed by atoms with Crippen molar-refractivity contribution in [2.24, 2.45) is 0 Å². The molecule has 0 fully saturated rings. The lowest BCUT2D eigenvalue weighted by Crippen LogP contribution is -2.27. The van der Waals surface area contributed by atoms with E-state index in [1.54, 1.807) is 13.8 Å². The molecule has 0 unspecified atom stereocenters. The van der Waals surface area contributed by atoms with Crippen molar-refractivity contribution in [3.8, 4) is 0 Å². The molecule has 1 aromatic carbocycles. The average molecular weight is 284 g/mol. The minimum Gasteiger partial charge on any atom is -0.354 e. The Bertz CT molecular complexity index is 672. The van der Waals surface area contributed by atoms with Crippen LogP contribution in [0.25, 0.3) is 0 Å². The van der Waals surface area contributed by atoms with Gasteiger partial charge in [0.2, 0.25) is 0 Å². The van der Waals surface area contributed by atoms with Gasteiger partial charge >= 0.3 is 0 Å². The van der Waals surface area contributed by atoms with Crippen LogP contribution in [0.5, 0.6) is 0 Å². The fourth-order valence-electron chi connectivity index (χ4n) is 2.60. The van der Waals surface area contributed by atoms with Crippen LogP contribution < -0.4 is 5.32 Å². The van der Waals surface area contributed by atoms with Gasteiger partial charge in [-0.2, -0.15) is 0 Å². The van der Waals surface area contributed by atoms with Crippen molar-refractivity contribution in [1.82, 2.24) is 10.3 Å². The van der Waals surface area contributed by atoms with E-state index >= 15 is 0 Å². The molecule has 21 heavy (non-hydrogen) atoms. The molecule has 1 amide bonds. The van der Waals surface area contributed by atoms with Crippen molar-refractivity contribution >= 4 is 11.7 Å². The topological polar surface area (TPSA) is 62.0 Å². The summed E-state index contributed by atoms with van der Waals surface area (Å²) in [4.78, 5) is 27.0. The molecule has 2 rings (SSSR count). The number of carbonyl (C=O) groups is 2. The van der Waals surface area contributed by atoms with Crippen LogP contribution in [0, 0.1) is 13.8 Å². The molecule has 4 heteroatoms. The molecule has 1 aromatic heterocycles. The Labute approximate surface area is 124 Å². The molecule has 1 atom stereocenters. The Kier molecular flexibility index (Phi) is 4.26. The molecule has 0 aliphatic rings. The van der Waals surface area contributed by atoms with Crippen LogP contribution in [0.3, 0.4) is 0 Å². The van der Waals surface area contributed by atoms with Crippen molar-refractivity contribution in [3.05, 3.63) is 58.4 Å². The Morgan fingerprint density at radius 2 is 1.76 bits per heavy atom. The number of nitrogens with one attached hydrogen (secondary N) is 2. The maximum atomic E-state index is 12.4. The number of H-pyrrole nitrogens is 1. The lowest BCUT2D eigenvalue weighted by molar-refractivity contribution is 0.0934. The van der Waals surface area contributed by atoms with E-state index in [0.717, 1.165) is 11.3 Å². The summed E-state index contributed by atoms with van der Waals surface area (Å²) in [5.41, 5.74) is 3.54. The van der Waals surface area contributed by atoms with Crippen LogP contribution in [0.15, 0.2) is 30.3 Å². The summed E-state index contributed by atoms with van der Waals surface area (Å²) in [6, 6.07) is 9.67. The minimum atomic E-state index is -0.195. The first-order valence-corrected chi connectivity index (χ1v) is 6.97. The lowest BCUT2D eigenvalue weighted by atomic mass is 10.1. The number of amides is 1. The first-order valence-electron chi connectivity index (χ1n) is 6.97. The van der Waals surface area contributed by atoms with Crippen LogP contribution >= 0.6 is 0 Å². The van der Waals surface area contributed by atoms with Gasteiger partial charge in [-0.3, -0.25) is 9.59 Å². The van der Waals surface area contributed by atoms with Crippen molar-refractivity contribution < 1.29 is 9.59 Å². The number of rotatable bonds is 4. The highest BCUT2D eigenvalue weighted by atomic mass is 16.2. The van der Waals surface area contributed by atoms with E-state index in [0.29, 0.717) is 16.8 Å². The Morgan fingerprint density at radius 1 is 1.14 bits per heavy atom. The van der Waals surface area contributed by atoms with Gasteiger partial charge in [0.1, 0.15) is 5.69 Å². The number of hydrogen-bond donors (Lipinski definition) is 2. The van der Waals surface area contributed by atoms with Gasteiger partial charge in [0.15, 0.2) is 5.78 Å². The zero-order valence-electron chi connectivity index (χ0n) is 12.8. The van der Waals surface area contributed by atoms with Crippen molar-refractivity contribution in [2.75, 3.05) is 0 Å². The summed E-state index contributed by atoms with van der Waals surface area (Å²) < 4.78 is 0. The third-order valence-electron chi connectivity index (χ3n) is 3.66. The van der Waals surface area contributed by atoms with E-state index in [4.69, 9.17) is 0 Å². The summed E-state index contributed by atoms with van der Waals surface area (Å²) >= 11 is 0. The molecule has 1 heterocycles. The Hall–Kier alpha value is -2.36. The van der Waals surface area contributed by atoms with Crippen LogP contribution in [-0.2, 0) is 0 Å². The molecule has 0 radical (unpaired) electrons. The zero-order chi connectivity index (χ0) is 15.6. The summed E-state index contributed by atoms with van der Waals surface area (Å²) in [6.07, 6.45) is 0. The second-order valence-electron chi connectivity index (χ2n) is 5.29. The van der Waals surface area contributed by atoms with Crippen molar-refractivity contribution in [2.45, 2.75) is 33.7 Å². The minimum absolute atomic E-state index is 0.0311. The number of carbonyl (C=O) groups excluding carboxylic acids is 2. The van der Waals surface area contributed by atoms with E-state index in [-0.39, 0.29) is 17.7 Å². The summed E-state index contributed by atoms with van der Waals surface area (Å²) in [6.45, 7) is 7.05. The molecule has 0 bridgehead atoms. The molecule has 0 aliphatic heterocycles. The van der Waals surface area contributed by atoms with E-state index < -0.39 is 0 Å². The monoisotopic (exact) mass is 284 g/mol. The number of benzene rings is 1. The van der Waals surface area contributed by atoms with Crippen molar-refractivity contribution in [3.63, 3.8) is 0 Å². The number of ketones is 1. The van der Waals surface area contributed by atoms with E-state index in [2.05, 4.69) is 10.3 Å². The second-order valence-corrected chi connectivity index (χ2v) is 5.29. The van der Waals surface area contributed by atoms with Gasteiger partial charge in [-0.15, -0.1) is 0 Å². The molecule has 0 saturated heterocycles. The lowest BCUT2D eigenvalue weighted by Gasteiger charge is -2.14. The zero-order valence-corrected chi connectivity index (χ0v) is 12.8. The first kappa shape index (κ1) is 15.0. The van der Waals surface area contributed by atoms with Gasteiger partial charge in [0, 0.05) is 11.3 Å². The largest absolute Gasteiger partial charge is 0.354 e. The van der Waals surface area contributed by atoms with E-state index in [9.17, 15) is 9.59 Å². The maximum Gasteiger partial charge on any atom is 0.268 e. The summed E-state index contributed by atoms with van der Waals surface area (Å²) in [5.74, 6) is -0.226. The molecule has 2 aromatic rings. The normalized spacial score (nSPS) is 12.0. The fraction of sp³-hybridized carbons (Fsp3) is 0.294.